The van der Waals surface area contributed by atoms with E-state index < -0.39 is 0 Å². The molecule has 0 aromatic rings. The second-order valence-electron chi connectivity index (χ2n) is 3.18. The Labute approximate surface area is 69.6 Å². The first-order chi connectivity index (χ1) is 5.16. The lowest BCUT2D eigenvalue weighted by Gasteiger charge is -2.08. The number of ether oxygens (including phenoxy) is 1. The Hall–Kier alpha value is -0.0800. The molecule has 0 aromatic carbocycles. The fourth-order valence-corrected chi connectivity index (χ4v) is 0.989. The van der Waals surface area contributed by atoms with Crippen molar-refractivity contribution in [2.75, 3.05) is 7.11 Å². The van der Waals surface area contributed by atoms with Crippen LogP contribution in [0.15, 0.2) is 0 Å². The van der Waals surface area contributed by atoms with Crippen LogP contribution in [-0.4, -0.2) is 24.4 Å². The predicted octanol–water partition coefficient (Wildman–Crippen LogP) is 1.96. The Balaban J connectivity index is 3.01. The highest BCUT2D eigenvalue weighted by atomic mass is 16.5. The molecule has 0 aromatic heterocycles. The monoisotopic (exact) mass is 160 g/mol. The molecule has 68 valence electrons. The molecule has 0 bridgehead atoms. The third kappa shape index (κ3) is 7.82. The van der Waals surface area contributed by atoms with Gasteiger partial charge in [-0.1, -0.05) is 12.8 Å². The Kier molecular flexibility index (Phi) is 6.57. The van der Waals surface area contributed by atoms with Gasteiger partial charge in [0, 0.05) is 7.11 Å². The van der Waals surface area contributed by atoms with Crippen LogP contribution in [0.1, 0.15) is 39.5 Å². The molecule has 2 unspecified atom stereocenters. The van der Waals surface area contributed by atoms with Gasteiger partial charge in [0.15, 0.2) is 0 Å². The predicted molar refractivity (Wildman–Crippen MR) is 46.6 cm³/mol. The molecule has 0 aliphatic heterocycles. The molecule has 0 fully saturated rings. The van der Waals surface area contributed by atoms with Gasteiger partial charge in [0.25, 0.3) is 0 Å². The van der Waals surface area contributed by atoms with Gasteiger partial charge in [-0.25, -0.2) is 0 Å². The van der Waals surface area contributed by atoms with Crippen molar-refractivity contribution in [2.45, 2.75) is 51.7 Å². The van der Waals surface area contributed by atoms with Crippen molar-refractivity contribution in [3.8, 4) is 0 Å². The van der Waals surface area contributed by atoms with Crippen molar-refractivity contribution in [3.63, 3.8) is 0 Å². The smallest absolute Gasteiger partial charge is 0.0543 e. The number of aliphatic hydroxyl groups excluding tert-OH is 1. The molecule has 0 aliphatic rings. The lowest BCUT2D eigenvalue weighted by Crippen LogP contribution is -2.05. The van der Waals surface area contributed by atoms with E-state index in [0.29, 0.717) is 6.10 Å². The molecule has 2 nitrogen and oxygen atoms in total. The summed E-state index contributed by atoms with van der Waals surface area (Å²) >= 11 is 0. The second-order valence-corrected chi connectivity index (χ2v) is 3.18. The van der Waals surface area contributed by atoms with Crippen LogP contribution in [0, 0.1) is 0 Å². The molecule has 0 spiro atoms. The highest BCUT2D eigenvalue weighted by Crippen LogP contribution is 2.06. The van der Waals surface area contributed by atoms with Crippen molar-refractivity contribution >= 4 is 0 Å². The number of hydrogen-bond acceptors (Lipinski definition) is 2. The zero-order valence-corrected chi connectivity index (χ0v) is 7.84. The quantitative estimate of drug-likeness (QED) is 0.602. The van der Waals surface area contributed by atoms with E-state index in [4.69, 9.17) is 9.84 Å². The summed E-state index contributed by atoms with van der Waals surface area (Å²) < 4.78 is 5.09. The van der Waals surface area contributed by atoms with Crippen LogP contribution in [0.3, 0.4) is 0 Å². The Morgan fingerprint density at radius 2 is 1.73 bits per heavy atom. The normalized spacial score (nSPS) is 16.4. The zero-order valence-electron chi connectivity index (χ0n) is 7.84. The number of hydrogen-bond donors (Lipinski definition) is 1. The highest BCUT2D eigenvalue weighted by Gasteiger charge is 1.99. The highest BCUT2D eigenvalue weighted by molar-refractivity contribution is 4.52. The van der Waals surface area contributed by atoms with Gasteiger partial charge >= 0.3 is 0 Å². The molecule has 0 heterocycles. The Morgan fingerprint density at radius 1 is 1.18 bits per heavy atom. The summed E-state index contributed by atoms with van der Waals surface area (Å²) in [7, 11) is 1.74. The minimum atomic E-state index is -0.146. The van der Waals surface area contributed by atoms with Crippen LogP contribution in [0.25, 0.3) is 0 Å². The van der Waals surface area contributed by atoms with Crippen LogP contribution in [-0.2, 0) is 4.74 Å². The lowest BCUT2D eigenvalue weighted by molar-refractivity contribution is 0.106. The van der Waals surface area contributed by atoms with Crippen molar-refractivity contribution in [3.05, 3.63) is 0 Å². The zero-order chi connectivity index (χ0) is 8.69. The van der Waals surface area contributed by atoms with Gasteiger partial charge in [0.2, 0.25) is 0 Å². The first kappa shape index (κ1) is 10.9. The maximum Gasteiger partial charge on any atom is 0.0543 e. The summed E-state index contributed by atoms with van der Waals surface area (Å²) in [6.07, 6.45) is 4.49. The van der Waals surface area contributed by atoms with E-state index in [1.807, 2.05) is 6.92 Å². The van der Waals surface area contributed by atoms with E-state index in [9.17, 15) is 0 Å². The summed E-state index contributed by atoms with van der Waals surface area (Å²) in [6, 6.07) is 0. The van der Waals surface area contributed by atoms with E-state index in [0.717, 1.165) is 25.7 Å². The van der Waals surface area contributed by atoms with Crippen LogP contribution < -0.4 is 0 Å². The second kappa shape index (κ2) is 6.62. The molecule has 1 N–H and O–H groups in total. The molecular weight excluding hydrogens is 140 g/mol. The average Bonchev–Trinajstić information content (AvgIpc) is 1.97. The van der Waals surface area contributed by atoms with Crippen molar-refractivity contribution < 1.29 is 9.84 Å². The number of aliphatic hydroxyl groups is 1. The largest absolute Gasteiger partial charge is 0.393 e. The van der Waals surface area contributed by atoms with E-state index in [-0.39, 0.29) is 6.10 Å². The molecule has 11 heavy (non-hydrogen) atoms. The summed E-state index contributed by atoms with van der Waals surface area (Å²) in [5.41, 5.74) is 0. The van der Waals surface area contributed by atoms with Crippen LogP contribution in [0.2, 0.25) is 0 Å². The van der Waals surface area contributed by atoms with Gasteiger partial charge in [0.05, 0.1) is 12.2 Å². The van der Waals surface area contributed by atoms with E-state index in [1.165, 1.54) is 0 Å². The van der Waals surface area contributed by atoms with Crippen molar-refractivity contribution in [2.24, 2.45) is 0 Å². The van der Waals surface area contributed by atoms with Crippen molar-refractivity contribution in [1.29, 1.82) is 0 Å². The number of methoxy groups -OCH3 is 1. The molecule has 0 rings (SSSR count). The van der Waals surface area contributed by atoms with Crippen LogP contribution in [0.4, 0.5) is 0 Å². The minimum Gasteiger partial charge on any atom is -0.393 e. The first-order valence-corrected chi connectivity index (χ1v) is 4.37. The standard InChI is InChI=1S/C9H20O2/c1-8(10)6-4-5-7-9(2)11-3/h8-10H,4-7H2,1-3H3. The molecule has 0 saturated carbocycles. The topological polar surface area (TPSA) is 29.5 Å². The third-order valence-corrected chi connectivity index (χ3v) is 1.88. The third-order valence-electron chi connectivity index (χ3n) is 1.88. The van der Waals surface area contributed by atoms with E-state index in [1.54, 1.807) is 7.11 Å². The Morgan fingerprint density at radius 3 is 2.18 bits per heavy atom. The van der Waals surface area contributed by atoms with E-state index in [2.05, 4.69) is 6.92 Å². The molecule has 2 heteroatoms. The molecular formula is C9H20O2. The fourth-order valence-electron chi connectivity index (χ4n) is 0.989. The number of rotatable bonds is 6. The summed E-state index contributed by atoms with van der Waals surface area (Å²) in [4.78, 5) is 0. The maximum absolute atomic E-state index is 8.94. The van der Waals surface area contributed by atoms with Gasteiger partial charge in [-0.05, 0) is 26.7 Å². The lowest BCUT2D eigenvalue weighted by atomic mass is 10.1. The summed E-state index contributed by atoms with van der Waals surface area (Å²) in [6.45, 7) is 3.90. The molecule has 0 aliphatic carbocycles. The van der Waals surface area contributed by atoms with E-state index >= 15 is 0 Å². The SMILES string of the molecule is COC(C)CCCCC(C)O. The molecule has 2 atom stereocenters. The maximum atomic E-state index is 8.94. The van der Waals surface area contributed by atoms with Gasteiger partial charge in [-0.2, -0.15) is 0 Å². The molecule has 0 radical (unpaired) electrons. The average molecular weight is 160 g/mol. The van der Waals surface area contributed by atoms with Gasteiger partial charge in [-0.15, -0.1) is 0 Å². The first-order valence-electron chi connectivity index (χ1n) is 4.37. The van der Waals surface area contributed by atoms with Gasteiger partial charge in [0.1, 0.15) is 0 Å². The summed E-state index contributed by atoms with van der Waals surface area (Å²) in [5, 5.41) is 8.94. The Bertz CT molecular complexity index is 81.6. The number of unbranched alkanes of at least 4 members (excludes halogenated alkanes) is 1. The summed E-state index contributed by atoms with van der Waals surface area (Å²) in [5.74, 6) is 0. The molecule has 0 amide bonds. The van der Waals surface area contributed by atoms with Gasteiger partial charge < -0.3 is 9.84 Å². The van der Waals surface area contributed by atoms with Crippen LogP contribution in [0.5, 0.6) is 0 Å². The minimum absolute atomic E-state index is 0.146. The van der Waals surface area contributed by atoms with Gasteiger partial charge in [-0.3, -0.25) is 0 Å². The molecule has 0 saturated heterocycles. The fraction of sp³-hybridized carbons (Fsp3) is 1.00. The van der Waals surface area contributed by atoms with Crippen LogP contribution >= 0.6 is 0 Å². The van der Waals surface area contributed by atoms with Crippen molar-refractivity contribution in [1.82, 2.24) is 0 Å².